The Morgan fingerprint density at radius 3 is 2.52 bits per heavy atom. The molecule has 0 spiro atoms. The smallest absolute Gasteiger partial charge is 0.356 e. The molecule has 4 heteroatoms. The van der Waals surface area contributed by atoms with Gasteiger partial charge in [-0.15, -0.1) is 0 Å². The lowest BCUT2D eigenvalue weighted by atomic mass is 9.89. The van der Waals surface area contributed by atoms with E-state index < -0.39 is 5.97 Å². The van der Waals surface area contributed by atoms with E-state index in [0.29, 0.717) is 17.9 Å². The maximum Gasteiger partial charge on any atom is 0.356 e. The van der Waals surface area contributed by atoms with Gasteiger partial charge in [0.2, 0.25) is 0 Å². The van der Waals surface area contributed by atoms with Crippen LogP contribution in [0, 0.1) is 12.3 Å². The van der Waals surface area contributed by atoms with Crippen LogP contribution in [0.5, 0.6) is 0 Å². The zero-order valence-electron chi connectivity index (χ0n) is 13.0. The van der Waals surface area contributed by atoms with E-state index in [9.17, 15) is 9.90 Å². The summed E-state index contributed by atoms with van der Waals surface area (Å²) >= 11 is 0. The summed E-state index contributed by atoms with van der Waals surface area (Å²) in [5.74, 6) is -0.343. The summed E-state index contributed by atoms with van der Waals surface area (Å²) in [6.07, 6.45) is 1.59. The van der Waals surface area contributed by atoms with Gasteiger partial charge < -0.3 is 10.1 Å². The third-order valence-corrected chi connectivity index (χ3v) is 3.51. The van der Waals surface area contributed by atoms with Crippen LogP contribution in [0.15, 0.2) is 24.3 Å². The molecular weight excluding hydrogens is 264 g/mol. The van der Waals surface area contributed by atoms with Gasteiger partial charge in [-0.3, -0.25) is 0 Å². The van der Waals surface area contributed by atoms with E-state index in [4.69, 9.17) is 0 Å². The van der Waals surface area contributed by atoms with E-state index in [-0.39, 0.29) is 11.1 Å². The first-order valence-electron chi connectivity index (χ1n) is 7.16. The van der Waals surface area contributed by atoms with Crippen molar-refractivity contribution in [2.24, 2.45) is 5.41 Å². The molecule has 21 heavy (non-hydrogen) atoms. The summed E-state index contributed by atoms with van der Waals surface area (Å²) in [6.45, 7) is 8.43. The largest absolute Gasteiger partial charge is 0.476 e. The Hall–Kier alpha value is -2.10. The zero-order chi connectivity index (χ0) is 15.6. The summed E-state index contributed by atoms with van der Waals surface area (Å²) in [7, 11) is 0. The van der Waals surface area contributed by atoms with Crippen LogP contribution in [-0.2, 0) is 6.42 Å². The number of carboxylic acids is 1. The highest BCUT2D eigenvalue weighted by atomic mass is 16.4. The molecule has 2 N–H and O–H groups in total. The number of imidazole rings is 1. The topological polar surface area (TPSA) is 66.0 Å². The highest BCUT2D eigenvalue weighted by molar-refractivity contribution is 5.87. The first kappa shape index (κ1) is 15.3. The number of aryl methyl sites for hydroxylation is 2. The summed E-state index contributed by atoms with van der Waals surface area (Å²) < 4.78 is 0. The van der Waals surface area contributed by atoms with E-state index >= 15 is 0 Å². The van der Waals surface area contributed by atoms with Crippen molar-refractivity contribution in [3.63, 3.8) is 0 Å². The van der Waals surface area contributed by atoms with E-state index in [2.05, 4.69) is 30.7 Å². The van der Waals surface area contributed by atoms with Crippen molar-refractivity contribution in [3.8, 4) is 11.4 Å². The molecule has 0 unspecified atom stereocenters. The van der Waals surface area contributed by atoms with Crippen LogP contribution in [0.3, 0.4) is 0 Å². The molecule has 0 fully saturated rings. The normalized spacial score (nSPS) is 11.6. The molecule has 0 saturated heterocycles. The number of aromatic nitrogens is 2. The van der Waals surface area contributed by atoms with Gasteiger partial charge >= 0.3 is 5.97 Å². The fraction of sp³-hybridized carbons (Fsp3) is 0.412. The fourth-order valence-corrected chi connectivity index (χ4v) is 2.23. The number of aromatic carboxylic acids is 1. The molecule has 0 bridgehead atoms. The molecule has 0 radical (unpaired) electrons. The van der Waals surface area contributed by atoms with Gasteiger partial charge in [0, 0.05) is 11.3 Å². The Morgan fingerprint density at radius 1 is 1.29 bits per heavy atom. The van der Waals surface area contributed by atoms with Crippen molar-refractivity contribution < 1.29 is 9.90 Å². The predicted molar refractivity (Wildman–Crippen MR) is 83.5 cm³/mol. The monoisotopic (exact) mass is 286 g/mol. The third kappa shape index (κ3) is 3.72. The quantitative estimate of drug-likeness (QED) is 0.890. The van der Waals surface area contributed by atoms with Crippen molar-refractivity contribution in [2.45, 2.75) is 40.5 Å². The molecule has 0 atom stereocenters. The second-order valence-corrected chi connectivity index (χ2v) is 6.59. The van der Waals surface area contributed by atoms with Crippen molar-refractivity contribution in [3.05, 3.63) is 41.2 Å². The number of carboxylic acid groups (broad SMARTS) is 1. The minimum atomic E-state index is -0.977. The Balaban J connectivity index is 2.38. The third-order valence-electron chi connectivity index (χ3n) is 3.51. The number of nitrogens with one attached hydrogen (secondary N) is 1. The predicted octanol–water partition coefficient (Wildman–Crippen LogP) is 4.06. The number of rotatable bonds is 4. The Labute approximate surface area is 125 Å². The van der Waals surface area contributed by atoms with Crippen molar-refractivity contribution in [1.29, 1.82) is 0 Å². The van der Waals surface area contributed by atoms with Crippen molar-refractivity contribution in [2.75, 3.05) is 0 Å². The highest BCUT2D eigenvalue weighted by Crippen LogP contribution is 2.25. The molecule has 1 aromatic carbocycles. The van der Waals surface area contributed by atoms with Gasteiger partial charge in [0.15, 0.2) is 5.69 Å². The van der Waals surface area contributed by atoms with E-state index in [1.165, 1.54) is 0 Å². The van der Waals surface area contributed by atoms with Crippen LogP contribution in [0.25, 0.3) is 11.4 Å². The van der Waals surface area contributed by atoms with Gasteiger partial charge in [0.05, 0.1) is 0 Å². The van der Waals surface area contributed by atoms with Crippen LogP contribution in [0.2, 0.25) is 0 Å². The maximum atomic E-state index is 11.4. The van der Waals surface area contributed by atoms with Crippen molar-refractivity contribution in [1.82, 2.24) is 9.97 Å². The maximum absolute atomic E-state index is 11.4. The van der Waals surface area contributed by atoms with Gasteiger partial charge in [-0.25, -0.2) is 9.78 Å². The van der Waals surface area contributed by atoms with E-state index in [1.54, 1.807) is 0 Å². The van der Waals surface area contributed by atoms with Crippen molar-refractivity contribution >= 4 is 5.97 Å². The molecule has 0 aliphatic carbocycles. The molecule has 0 aliphatic heterocycles. The van der Waals surface area contributed by atoms with Crippen LogP contribution in [0.4, 0.5) is 0 Å². The number of H-pyrrole nitrogens is 1. The first-order valence-corrected chi connectivity index (χ1v) is 7.16. The molecule has 0 aliphatic rings. The van der Waals surface area contributed by atoms with E-state index in [1.807, 2.05) is 31.2 Å². The van der Waals surface area contributed by atoms with Crippen LogP contribution < -0.4 is 0 Å². The van der Waals surface area contributed by atoms with Gasteiger partial charge in [-0.2, -0.15) is 0 Å². The minimum Gasteiger partial charge on any atom is -0.476 e. The lowest BCUT2D eigenvalue weighted by Gasteiger charge is -2.17. The Bertz CT molecular complexity index is 651. The standard InChI is InChI=1S/C17H22N2O2/c1-11-7-5-6-8-12(11)15-18-13(9-10-17(2,3)4)14(19-15)16(20)21/h5-8H,9-10H2,1-4H3,(H,18,19)(H,20,21). The summed E-state index contributed by atoms with van der Waals surface area (Å²) in [5, 5.41) is 9.34. The number of hydrogen-bond donors (Lipinski definition) is 2. The second kappa shape index (κ2) is 5.72. The first-order chi connectivity index (χ1) is 9.78. The van der Waals surface area contributed by atoms with Gasteiger partial charge in [0.25, 0.3) is 0 Å². The molecule has 2 rings (SSSR count). The number of benzene rings is 1. The van der Waals surface area contributed by atoms with Crippen LogP contribution in [0.1, 0.15) is 48.9 Å². The summed E-state index contributed by atoms with van der Waals surface area (Å²) in [4.78, 5) is 18.9. The molecule has 0 amide bonds. The van der Waals surface area contributed by atoms with Crippen LogP contribution in [-0.4, -0.2) is 21.0 Å². The zero-order valence-corrected chi connectivity index (χ0v) is 13.0. The molecule has 4 nitrogen and oxygen atoms in total. The van der Waals surface area contributed by atoms with Crippen LogP contribution >= 0.6 is 0 Å². The number of carbonyl (C=O) groups is 1. The highest BCUT2D eigenvalue weighted by Gasteiger charge is 2.20. The SMILES string of the molecule is Cc1ccccc1-c1nc(C(=O)O)c(CCC(C)(C)C)[nH]1. The Kier molecular flexibility index (Phi) is 4.16. The fourth-order valence-electron chi connectivity index (χ4n) is 2.23. The summed E-state index contributed by atoms with van der Waals surface area (Å²) in [6, 6.07) is 7.83. The average molecular weight is 286 g/mol. The second-order valence-electron chi connectivity index (χ2n) is 6.59. The molecule has 2 aromatic rings. The molecule has 1 aromatic heterocycles. The molecule has 0 saturated carbocycles. The number of hydrogen-bond acceptors (Lipinski definition) is 2. The number of aromatic amines is 1. The molecular formula is C17H22N2O2. The van der Waals surface area contributed by atoms with E-state index in [0.717, 1.165) is 17.5 Å². The van der Waals surface area contributed by atoms with Gasteiger partial charge in [-0.1, -0.05) is 45.0 Å². The lowest BCUT2D eigenvalue weighted by Crippen LogP contribution is -2.09. The molecule has 1 heterocycles. The number of nitrogens with zero attached hydrogens (tertiary/aromatic N) is 1. The van der Waals surface area contributed by atoms with Gasteiger partial charge in [0.1, 0.15) is 5.82 Å². The average Bonchev–Trinajstić information content (AvgIpc) is 2.80. The minimum absolute atomic E-state index is 0.137. The summed E-state index contributed by atoms with van der Waals surface area (Å²) in [5.41, 5.74) is 3.02. The Morgan fingerprint density at radius 2 is 1.95 bits per heavy atom. The van der Waals surface area contributed by atoms with Gasteiger partial charge in [-0.05, 0) is 30.7 Å². The molecule has 112 valence electrons. The lowest BCUT2D eigenvalue weighted by molar-refractivity contribution is 0.0689.